The molecule has 1 atom stereocenters. The quantitative estimate of drug-likeness (QED) is 0.284. The Hall–Kier alpha value is -3.17. The van der Waals surface area contributed by atoms with Crippen LogP contribution in [0.2, 0.25) is 0 Å². The first-order valence-corrected chi connectivity index (χ1v) is 10.3. The van der Waals surface area contributed by atoms with Crippen molar-refractivity contribution < 1.29 is 28.5 Å². The zero-order chi connectivity index (χ0) is 23.8. The highest BCUT2D eigenvalue weighted by Crippen LogP contribution is 2.38. The molecule has 2 rings (SSSR count). The smallest absolute Gasteiger partial charge is 0.242 e. The van der Waals surface area contributed by atoms with Crippen LogP contribution in [0.5, 0.6) is 23.0 Å². The van der Waals surface area contributed by atoms with Crippen molar-refractivity contribution in [3.8, 4) is 23.0 Å². The Morgan fingerprint density at radius 2 is 1.59 bits per heavy atom. The molecule has 172 valence electrons. The first-order chi connectivity index (χ1) is 15.3. The van der Waals surface area contributed by atoms with Gasteiger partial charge in [0.2, 0.25) is 11.7 Å². The summed E-state index contributed by atoms with van der Waals surface area (Å²) in [5.74, 6) is 1.25. The normalized spacial score (nSPS) is 12.0. The number of carbonyl (C=O) groups is 2. The Kier molecular flexibility index (Phi) is 8.98. The lowest BCUT2D eigenvalue weighted by molar-refractivity contribution is -0.116. The van der Waals surface area contributed by atoms with Crippen LogP contribution in [0, 0.1) is 0 Å². The molecule has 0 aliphatic rings. The standard InChI is InChI=1S/C23H28N2O6S/c1-13(21(26)15-10-19(29-3)22(31-5)20(11-15)30-4)8-14-6-7-18(28-2)17(9-14)25-23(27)16(24)12-32/h6-11,16,32H,12,24H2,1-5H3,(H,25,27). The molecule has 0 fully saturated rings. The molecule has 0 spiro atoms. The number of anilines is 1. The summed E-state index contributed by atoms with van der Waals surface area (Å²) in [6.07, 6.45) is 1.71. The summed E-state index contributed by atoms with van der Waals surface area (Å²) in [4.78, 5) is 25.2. The number of nitrogens with one attached hydrogen (secondary N) is 1. The molecule has 9 heteroatoms. The van der Waals surface area contributed by atoms with Gasteiger partial charge in [-0.15, -0.1) is 0 Å². The summed E-state index contributed by atoms with van der Waals surface area (Å²) in [5.41, 5.74) is 7.72. The monoisotopic (exact) mass is 460 g/mol. The number of Topliss-reactive ketones (excluding diaryl/α,β-unsaturated/α-hetero) is 1. The predicted molar refractivity (Wildman–Crippen MR) is 128 cm³/mol. The lowest BCUT2D eigenvalue weighted by Crippen LogP contribution is -2.37. The highest BCUT2D eigenvalue weighted by atomic mass is 32.1. The summed E-state index contributed by atoms with van der Waals surface area (Å²) < 4.78 is 21.3. The minimum absolute atomic E-state index is 0.205. The number of methoxy groups -OCH3 is 4. The maximum atomic E-state index is 13.1. The molecule has 0 aliphatic heterocycles. The summed E-state index contributed by atoms with van der Waals surface area (Å²) in [6.45, 7) is 1.70. The van der Waals surface area contributed by atoms with Crippen LogP contribution in [-0.4, -0.2) is 51.9 Å². The first kappa shape index (κ1) is 25.1. The number of nitrogens with two attached hydrogens (primary N) is 1. The molecular formula is C23H28N2O6S. The van der Waals surface area contributed by atoms with Gasteiger partial charge in [-0.1, -0.05) is 6.07 Å². The third-order valence-corrected chi connectivity index (χ3v) is 5.08. The van der Waals surface area contributed by atoms with E-state index in [9.17, 15) is 9.59 Å². The molecule has 0 aromatic heterocycles. The zero-order valence-electron chi connectivity index (χ0n) is 18.7. The van der Waals surface area contributed by atoms with Crippen LogP contribution >= 0.6 is 12.6 Å². The van der Waals surface area contributed by atoms with Gasteiger partial charge in [-0.3, -0.25) is 9.59 Å². The van der Waals surface area contributed by atoms with Gasteiger partial charge in [0.05, 0.1) is 40.2 Å². The van der Waals surface area contributed by atoms with E-state index in [0.29, 0.717) is 45.4 Å². The number of benzene rings is 2. The van der Waals surface area contributed by atoms with Crippen LogP contribution in [0.3, 0.4) is 0 Å². The molecule has 0 heterocycles. The Morgan fingerprint density at radius 1 is 1.00 bits per heavy atom. The van der Waals surface area contributed by atoms with Gasteiger partial charge in [0.1, 0.15) is 5.75 Å². The van der Waals surface area contributed by atoms with Crippen LogP contribution in [-0.2, 0) is 4.79 Å². The Morgan fingerprint density at radius 3 is 2.09 bits per heavy atom. The minimum Gasteiger partial charge on any atom is -0.495 e. The topological polar surface area (TPSA) is 109 Å². The molecule has 0 saturated carbocycles. The highest BCUT2D eigenvalue weighted by Gasteiger charge is 2.18. The number of amides is 1. The molecule has 0 aliphatic carbocycles. The van der Waals surface area contributed by atoms with Crippen LogP contribution < -0.4 is 30.0 Å². The molecule has 8 nitrogen and oxygen atoms in total. The van der Waals surface area contributed by atoms with Crippen molar-refractivity contribution >= 4 is 36.1 Å². The molecule has 1 amide bonds. The lowest BCUT2D eigenvalue weighted by atomic mass is 10.0. The molecule has 0 bridgehead atoms. The van der Waals surface area contributed by atoms with Gasteiger partial charge < -0.3 is 30.0 Å². The molecule has 0 radical (unpaired) electrons. The van der Waals surface area contributed by atoms with Crippen molar-refractivity contribution in [1.82, 2.24) is 0 Å². The van der Waals surface area contributed by atoms with Crippen molar-refractivity contribution in [2.24, 2.45) is 5.73 Å². The lowest BCUT2D eigenvalue weighted by Gasteiger charge is -2.14. The first-order valence-electron chi connectivity index (χ1n) is 9.67. The number of ether oxygens (including phenoxy) is 4. The minimum atomic E-state index is -0.759. The highest BCUT2D eigenvalue weighted by molar-refractivity contribution is 7.80. The van der Waals surface area contributed by atoms with Crippen molar-refractivity contribution in [2.75, 3.05) is 39.5 Å². The second-order valence-corrected chi connectivity index (χ2v) is 7.17. The van der Waals surface area contributed by atoms with E-state index in [1.165, 1.54) is 28.4 Å². The summed E-state index contributed by atoms with van der Waals surface area (Å²) in [7, 11) is 5.97. The fourth-order valence-corrected chi connectivity index (χ4v) is 3.14. The fraction of sp³-hybridized carbons (Fsp3) is 0.304. The van der Waals surface area contributed by atoms with Gasteiger partial charge in [-0.2, -0.15) is 12.6 Å². The SMILES string of the molecule is COc1ccc(C=C(C)C(=O)c2cc(OC)c(OC)c(OC)c2)cc1NC(=O)C(N)CS. The van der Waals surface area contributed by atoms with Crippen molar-refractivity contribution in [1.29, 1.82) is 0 Å². The van der Waals surface area contributed by atoms with Gasteiger partial charge in [-0.25, -0.2) is 0 Å². The number of rotatable bonds is 10. The molecule has 2 aromatic rings. The molecule has 32 heavy (non-hydrogen) atoms. The number of hydrogen-bond acceptors (Lipinski definition) is 8. The van der Waals surface area contributed by atoms with Crippen LogP contribution in [0.1, 0.15) is 22.8 Å². The largest absolute Gasteiger partial charge is 0.495 e. The van der Waals surface area contributed by atoms with Gasteiger partial charge in [0, 0.05) is 11.3 Å². The summed E-state index contributed by atoms with van der Waals surface area (Å²) in [6, 6.07) is 7.61. The number of ketones is 1. The van der Waals surface area contributed by atoms with Gasteiger partial charge in [0.15, 0.2) is 17.3 Å². The van der Waals surface area contributed by atoms with E-state index in [2.05, 4.69) is 17.9 Å². The Balaban J connectivity index is 2.39. The van der Waals surface area contributed by atoms with E-state index in [1.807, 2.05) is 0 Å². The average Bonchev–Trinajstić information content (AvgIpc) is 2.81. The average molecular weight is 461 g/mol. The molecule has 3 N–H and O–H groups in total. The van der Waals surface area contributed by atoms with E-state index >= 15 is 0 Å². The van der Waals surface area contributed by atoms with Crippen molar-refractivity contribution in [2.45, 2.75) is 13.0 Å². The maximum absolute atomic E-state index is 13.1. The van der Waals surface area contributed by atoms with Crippen LogP contribution in [0.15, 0.2) is 35.9 Å². The summed E-state index contributed by atoms with van der Waals surface area (Å²) >= 11 is 4.04. The van der Waals surface area contributed by atoms with Crippen molar-refractivity contribution in [3.63, 3.8) is 0 Å². The van der Waals surface area contributed by atoms with Crippen LogP contribution in [0.4, 0.5) is 5.69 Å². The predicted octanol–water partition coefficient (Wildman–Crippen LogP) is 3.20. The molecule has 2 aromatic carbocycles. The molecular weight excluding hydrogens is 432 g/mol. The zero-order valence-corrected chi connectivity index (χ0v) is 19.6. The van der Waals surface area contributed by atoms with E-state index in [1.54, 1.807) is 43.3 Å². The van der Waals surface area contributed by atoms with Crippen LogP contribution in [0.25, 0.3) is 6.08 Å². The Labute approximate surface area is 193 Å². The fourth-order valence-electron chi connectivity index (χ4n) is 2.98. The van der Waals surface area contributed by atoms with E-state index in [-0.39, 0.29) is 17.4 Å². The number of hydrogen-bond donors (Lipinski definition) is 3. The molecule has 0 saturated heterocycles. The molecule has 1 unspecified atom stereocenters. The second-order valence-electron chi connectivity index (χ2n) is 6.81. The summed E-state index contributed by atoms with van der Waals surface area (Å²) in [5, 5.41) is 2.73. The Bertz CT molecular complexity index is 997. The number of thiol groups is 1. The van der Waals surface area contributed by atoms with Crippen molar-refractivity contribution in [3.05, 3.63) is 47.0 Å². The van der Waals surface area contributed by atoms with Gasteiger partial charge >= 0.3 is 0 Å². The van der Waals surface area contributed by atoms with Gasteiger partial charge in [0.25, 0.3) is 0 Å². The van der Waals surface area contributed by atoms with Gasteiger partial charge in [-0.05, 0) is 48.4 Å². The maximum Gasteiger partial charge on any atom is 0.242 e. The van der Waals surface area contributed by atoms with E-state index in [4.69, 9.17) is 24.7 Å². The number of allylic oxidation sites excluding steroid dienone is 1. The van der Waals surface area contributed by atoms with E-state index < -0.39 is 6.04 Å². The number of carbonyl (C=O) groups excluding carboxylic acids is 2. The second kappa shape index (κ2) is 11.4. The third kappa shape index (κ3) is 5.74. The third-order valence-electron chi connectivity index (χ3n) is 4.68. The van der Waals surface area contributed by atoms with E-state index in [0.717, 1.165) is 0 Å².